The molecule has 2 amide bonds. The number of hydrogen-bond donors (Lipinski definition) is 4. The number of nitrogens with one attached hydrogen (secondary N) is 2. The highest BCUT2D eigenvalue weighted by atomic mass is 16.4. The molecule has 108 valence electrons. The number of aliphatic carboxylic acids is 1. The smallest absolute Gasteiger partial charge is 0.326 e. The van der Waals surface area contributed by atoms with Gasteiger partial charge < -0.3 is 25.7 Å². The lowest BCUT2D eigenvalue weighted by Crippen LogP contribution is -2.46. The topological polar surface area (TPSA) is 102 Å². The number of β-amino-alcohol motifs (C(OH)–C–C–N with tert-alkyl or cyclic N) is 1. The van der Waals surface area contributed by atoms with Crippen molar-refractivity contribution < 1.29 is 19.8 Å². The number of urea groups is 1. The molecule has 2 rings (SSSR count). The fourth-order valence-corrected chi connectivity index (χ4v) is 2.25. The first-order valence-electron chi connectivity index (χ1n) is 6.76. The van der Waals surface area contributed by atoms with Crippen molar-refractivity contribution in [3.8, 4) is 0 Å². The molecule has 1 heterocycles. The van der Waals surface area contributed by atoms with E-state index in [1.165, 1.54) is 17.7 Å². The van der Waals surface area contributed by atoms with Crippen molar-refractivity contribution in [1.29, 1.82) is 0 Å². The van der Waals surface area contributed by atoms with E-state index in [0.29, 0.717) is 12.6 Å². The molecule has 0 radical (unpaired) electrons. The average molecular weight is 271 g/mol. The average Bonchev–Trinajstić information content (AvgIpc) is 3.09. The number of carbonyl (C=O) groups excluding carboxylic acids is 1. The predicted octanol–water partition coefficient (Wildman–Crippen LogP) is -0.642. The Labute approximate surface area is 112 Å². The summed E-state index contributed by atoms with van der Waals surface area (Å²) in [5.41, 5.74) is 0. The summed E-state index contributed by atoms with van der Waals surface area (Å²) in [6.45, 7) is 1.45. The summed E-state index contributed by atoms with van der Waals surface area (Å²) in [5, 5.41) is 24.5. The lowest BCUT2D eigenvalue weighted by Gasteiger charge is -2.21. The van der Waals surface area contributed by atoms with E-state index in [0.717, 1.165) is 13.0 Å². The van der Waals surface area contributed by atoms with E-state index in [4.69, 9.17) is 5.11 Å². The Morgan fingerprint density at radius 2 is 2.00 bits per heavy atom. The van der Waals surface area contributed by atoms with Crippen LogP contribution in [0.15, 0.2) is 0 Å². The van der Waals surface area contributed by atoms with Crippen LogP contribution in [-0.2, 0) is 4.79 Å². The van der Waals surface area contributed by atoms with Crippen molar-refractivity contribution in [2.45, 2.75) is 43.9 Å². The molecule has 0 aromatic carbocycles. The minimum absolute atomic E-state index is 0.0864. The summed E-state index contributed by atoms with van der Waals surface area (Å²) >= 11 is 0. The van der Waals surface area contributed by atoms with Gasteiger partial charge in [-0.1, -0.05) is 0 Å². The molecule has 1 saturated heterocycles. The molecule has 1 aliphatic heterocycles. The third-order valence-electron chi connectivity index (χ3n) is 3.47. The molecule has 0 aromatic rings. The zero-order valence-electron chi connectivity index (χ0n) is 10.8. The molecule has 0 aromatic heterocycles. The van der Waals surface area contributed by atoms with Gasteiger partial charge >= 0.3 is 12.0 Å². The van der Waals surface area contributed by atoms with Crippen LogP contribution < -0.4 is 10.6 Å². The number of carboxylic acid groups (broad SMARTS) is 1. The Kier molecular flexibility index (Phi) is 4.60. The van der Waals surface area contributed by atoms with Crippen molar-refractivity contribution in [3.63, 3.8) is 0 Å². The lowest BCUT2D eigenvalue weighted by atomic mass is 10.2. The molecule has 1 saturated carbocycles. The zero-order chi connectivity index (χ0) is 13.8. The van der Waals surface area contributed by atoms with Gasteiger partial charge in [0, 0.05) is 25.6 Å². The van der Waals surface area contributed by atoms with Crippen LogP contribution in [0.2, 0.25) is 0 Å². The van der Waals surface area contributed by atoms with E-state index in [1.54, 1.807) is 0 Å². The summed E-state index contributed by atoms with van der Waals surface area (Å²) in [5.74, 6) is -1.07. The first-order chi connectivity index (χ1) is 9.08. The molecule has 19 heavy (non-hydrogen) atoms. The number of aliphatic hydroxyl groups excluding tert-OH is 1. The van der Waals surface area contributed by atoms with Crippen LogP contribution in [0.1, 0.15) is 25.7 Å². The zero-order valence-corrected chi connectivity index (χ0v) is 10.8. The van der Waals surface area contributed by atoms with E-state index >= 15 is 0 Å². The SMILES string of the molecule is O=C(O)[C@@H]1C[C@H](O)CN1C(=O)NCCCNC1CC1. The molecule has 0 spiro atoms. The molecule has 0 unspecified atom stereocenters. The number of carboxylic acids is 1. The van der Waals surface area contributed by atoms with E-state index in [9.17, 15) is 14.7 Å². The number of carbonyl (C=O) groups is 2. The number of nitrogens with zero attached hydrogens (tertiary/aromatic N) is 1. The normalized spacial score (nSPS) is 26.5. The molecular weight excluding hydrogens is 250 g/mol. The fourth-order valence-electron chi connectivity index (χ4n) is 2.25. The largest absolute Gasteiger partial charge is 0.480 e. The van der Waals surface area contributed by atoms with Gasteiger partial charge in [0.25, 0.3) is 0 Å². The van der Waals surface area contributed by atoms with Crippen LogP contribution in [-0.4, -0.2) is 64.9 Å². The molecule has 1 aliphatic carbocycles. The van der Waals surface area contributed by atoms with Gasteiger partial charge in [-0.05, 0) is 25.8 Å². The molecule has 0 bridgehead atoms. The molecule has 7 nitrogen and oxygen atoms in total. The Morgan fingerprint density at radius 3 is 2.63 bits per heavy atom. The molecule has 2 fully saturated rings. The standard InChI is InChI=1S/C12H21N3O4/c16-9-6-10(11(17)18)15(7-9)12(19)14-5-1-4-13-8-2-3-8/h8-10,13,16H,1-7H2,(H,14,19)(H,17,18)/t9-,10-/m0/s1. The number of aliphatic hydroxyl groups is 1. The first kappa shape index (κ1) is 14.1. The minimum atomic E-state index is -1.07. The number of rotatable bonds is 6. The molecular formula is C12H21N3O4. The van der Waals surface area contributed by atoms with Crippen molar-refractivity contribution in [2.75, 3.05) is 19.6 Å². The summed E-state index contributed by atoms with van der Waals surface area (Å²) in [6, 6.07) is -0.671. The van der Waals surface area contributed by atoms with E-state index in [2.05, 4.69) is 10.6 Å². The highest BCUT2D eigenvalue weighted by Gasteiger charge is 2.38. The molecule has 2 aliphatic rings. The highest BCUT2D eigenvalue weighted by molar-refractivity contribution is 5.83. The fraction of sp³-hybridized carbons (Fsp3) is 0.833. The maximum atomic E-state index is 11.8. The molecule has 7 heteroatoms. The number of amides is 2. The summed E-state index contributed by atoms with van der Waals surface area (Å²) in [6.07, 6.45) is 2.64. The number of likely N-dealkylation sites (tertiary alicyclic amines) is 1. The molecule has 2 atom stereocenters. The maximum absolute atomic E-state index is 11.8. The summed E-state index contributed by atoms with van der Waals surface area (Å²) in [7, 11) is 0. The van der Waals surface area contributed by atoms with Gasteiger partial charge in [0.15, 0.2) is 0 Å². The Balaban J connectivity index is 1.67. The van der Waals surface area contributed by atoms with Crippen molar-refractivity contribution in [3.05, 3.63) is 0 Å². The van der Waals surface area contributed by atoms with Crippen LogP contribution in [0.4, 0.5) is 4.79 Å². The second kappa shape index (κ2) is 6.21. The maximum Gasteiger partial charge on any atom is 0.326 e. The van der Waals surface area contributed by atoms with Crippen LogP contribution >= 0.6 is 0 Å². The summed E-state index contributed by atoms with van der Waals surface area (Å²) in [4.78, 5) is 24.0. The van der Waals surface area contributed by atoms with E-state index in [1.807, 2.05) is 0 Å². The van der Waals surface area contributed by atoms with Gasteiger partial charge in [-0.2, -0.15) is 0 Å². The van der Waals surface area contributed by atoms with Crippen LogP contribution in [0.5, 0.6) is 0 Å². The third kappa shape index (κ3) is 4.07. The van der Waals surface area contributed by atoms with Crippen LogP contribution in [0, 0.1) is 0 Å². The van der Waals surface area contributed by atoms with Crippen molar-refractivity contribution in [1.82, 2.24) is 15.5 Å². The van der Waals surface area contributed by atoms with Gasteiger partial charge in [-0.25, -0.2) is 9.59 Å². The third-order valence-corrected chi connectivity index (χ3v) is 3.47. The Bertz CT molecular complexity index is 346. The van der Waals surface area contributed by atoms with E-state index < -0.39 is 24.1 Å². The quantitative estimate of drug-likeness (QED) is 0.481. The number of hydrogen-bond acceptors (Lipinski definition) is 4. The van der Waals surface area contributed by atoms with Crippen molar-refractivity contribution in [2.24, 2.45) is 0 Å². The highest BCUT2D eigenvalue weighted by Crippen LogP contribution is 2.18. The summed E-state index contributed by atoms with van der Waals surface area (Å²) < 4.78 is 0. The lowest BCUT2D eigenvalue weighted by molar-refractivity contribution is -0.141. The second-order valence-electron chi connectivity index (χ2n) is 5.21. The van der Waals surface area contributed by atoms with Crippen LogP contribution in [0.25, 0.3) is 0 Å². The van der Waals surface area contributed by atoms with Gasteiger partial charge in [0.2, 0.25) is 0 Å². The minimum Gasteiger partial charge on any atom is -0.480 e. The van der Waals surface area contributed by atoms with E-state index in [-0.39, 0.29) is 13.0 Å². The van der Waals surface area contributed by atoms with Crippen LogP contribution in [0.3, 0.4) is 0 Å². The second-order valence-corrected chi connectivity index (χ2v) is 5.21. The first-order valence-corrected chi connectivity index (χ1v) is 6.76. The van der Waals surface area contributed by atoms with Gasteiger partial charge in [0.1, 0.15) is 6.04 Å². The van der Waals surface area contributed by atoms with Gasteiger partial charge in [-0.3, -0.25) is 0 Å². The Morgan fingerprint density at radius 1 is 1.26 bits per heavy atom. The molecule has 4 N–H and O–H groups in total. The van der Waals surface area contributed by atoms with Gasteiger partial charge in [-0.15, -0.1) is 0 Å². The predicted molar refractivity (Wildman–Crippen MR) is 67.8 cm³/mol. The van der Waals surface area contributed by atoms with Gasteiger partial charge in [0.05, 0.1) is 6.10 Å². The monoisotopic (exact) mass is 271 g/mol. The Hall–Kier alpha value is -1.34. The van der Waals surface area contributed by atoms with Crippen molar-refractivity contribution >= 4 is 12.0 Å².